The van der Waals surface area contributed by atoms with Crippen molar-refractivity contribution < 1.29 is 4.79 Å². The summed E-state index contributed by atoms with van der Waals surface area (Å²) in [5.41, 5.74) is 1.11. The smallest absolute Gasteiger partial charge is 0.225 e. The first kappa shape index (κ1) is 10.4. The van der Waals surface area contributed by atoms with Gasteiger partial charge in [-0.3, -0.25) is 14.9 Å². The Morgan fingerprint density at radius 2 is 2.06 bits per heavy atom. The number of aromatic amines is 1. The second-order valence-corrected chi connectivity index (χ2v) is 3.37. The summed E-state index contributed by atoms with van der Waals surface area (Å²) in [5.74, 6) is 0.598. The molecule has 5 heteroatoms. The molecule has 0 aliphatic carbocycles. The van der Waals surface area contributed by atoms with Crippen LogP contribution in [-0.2, 0) is 11.2 Å². The Bertz CT molecular complexity index is 438. The van der Waals surface area contributed by atoms with Gasteiger partial charge in [0.1, 0.15) is 5.82 Å². The zero-order valence-electron chi connectivity index (χ0n) is 8.68. The van der Waals surface area contributed by atoms with Crippen LogP contribution in [0.25, 0.3) is 0 Å². The van der Waals surface area contributed by atoms with Crippen LogP contribution in [0.1, 0.15) is 12.0 Å². The number of aromatic nitrogens is 3. The van der Waals surface area contributed by atoms with Crippen molar-refractivity contribution in [3.63, 3.8) is 0 Å². The maximum Gasteiger partial charge on any atom is 0.225 e. The van der Waals surface area contributed by atoms with E-state index in [1.807, 2.05) is 12.1 Å². The van der Waals surface area contributed by atoms with Gasteiger partial charge >= 0.3 is 0 Å². The Morgan fingerprint density at radius 3 is 2.75 bits per heavy atom. The summed E-state index contributed by atoms with van der Waals surface area (Å²) in [5, 5.41) is 9.14. The second-order valence-electron chi connectivity index (χ2n) is 3.37. The highest BCUT2D eigenvalue weighted by atomic mass is 16.1. The number of hydrogen-bond acceptors (Lipinski definition) is 3. The van der Waals surface area contributed by atoms with Crippen molar-refractivity contribution in [3.8, 4) is 0 Å². The molecule has 0 radical (unpaired) electrons. The van der Waals surface area contributed by atoms with Gasteiger partial charge in [0, 0.05) is 24.9 Å². The van der Waals surface area contributed by atoms with Crippen LogP contribution >= 0.6 is 0 Å². The summed E-state index contributed by atoms with van der Waals surface area (Å²) in [7, 11) is 0. The van der Waals surface area contributed by atoms with Crippen molar-refractivity contribution in [1.29, 1.82) is 0 Å². The van der Waals surface area contributed by atoms with Crippen molar-refractivity contribution >= 4 is 11.7 Å². The van der Waals surface area contributed by atoms with Gasteiger partial charge in [0.2, 0.25) is 5.91 Å². The first-order valence-corrected chi connectivity index (χ1v) is 5.03. The number of nitrogens with zero attached hydrogens (tertiary/aromatic N) is 2. The molecule has 16 heavy (non-hydrogen) atoms. The molecule has 0 atom stereocenters. The SMILES string of the molecule is O=C(CCc1ccncc1)Nc1ccn[nH]1. The minimum absolute atomic E-state index is 0.0268. The number of anilines is 1. The molecular weight excluding hydrogens is 204 g/mol. The summed E-state index contributed by atoms with van der Waals surface area (Å²) in [4.78, 5) is 15.4. The molecule has 0 unspecified atom stereocenters. The Balaban J connectivity index is 1.80. The maximum atomic E-state index is 11.5. The van der Waals surface area contributed by atoms with E-state index in [4.69, 9.17) is 0 Å². The molecule has 0 saturated heterocycles. The van der Waals surface area contributed by atoms with Crippen LogP contribution in [-0.4, -0.2) is 21.1 Å². The molecule has 2 heterocycles. The van der Waals surface area contributed by atoms with Gasteiger partial charge in [0.05, 0.1) is 6.20 Å². The molecule has 1 amide bonds. The van der Waals surface area contributed by atoms with E-state index in [1.54, 1.807) is 24.7 Å². The molecule has 2 N–H and O–H groups in total. The highest BCUT2D eigenvalue weighted by Crippen LogP contribution is 2.04. The minimum Gasteiger partial charge on any atom is -0.311 e. The fourth-order valence-corrected chi connectivity index (χ4v) is 1.35. The third-order valence-electron chi connectivity index (χ3n) is 2.16. The molecule has 0 spiro atoms. The molecule has 2 aromatic rings. The van der Waals surface area contributed by atoms with Crippen molar-refractivity contribution in [3.05, 3.63) is 42.4 Å². The van der Waals surface area contributed by atoms with Gasteiger partial charge in [-0.1, -0.05) is 0 Å². The molecule has 82 valence electrons. The number of aryl methyl sites for hydroxylation is 1. The fourth-order valence-electron chi connectivity index (χ4n) is 1.35. The highest BCUT2D eigenvalue weighted by molar-refractivity contribution is 5.89. The standard InChI is InChI=1S/C11H12N4O/c16-11(14-10-5-8-13-15-10)2-1-9-3-6-12-7-4-9/h3-8H,1-2H2,(H2,13,14,15,16). The Hall–Kier alpha value is -2.17. The number of H-pyrrole nitrogens is 1. The van der Waals surface area contributed by atoms with E-state index in [0.717, 1.165) is 5.56 Å². The van der Waals surface area contributed by atoms with Crippen LogP contribution in [0.5, 0.6) is 0 Å². The van der Waals surface area contributed by atoms with E-state index in [-0.39, 0.29) is 5.91 Å². The lowest BCUT2D eigenvalue weighted by Crippen LogP contribution is -2.12. The van der Waals surface area contributed by atoms with E-state index >= 15 is 0 Å². The van der Waals surface area contributed by atoms with Gasteiger partial charge in [-0.15, -0.1) is 0 Å². The Morgan fingerprint density at radius 1 is 1.25 bits per heavy atom. The van der Waals surface area contributed by atoms with Crippen molar-refractivity contribution in [2.75, 3.05) is 5.32 Å². The summed E-state index contributed by atoms with van der Waals surface area (Å²) in [6.07, 6.45) is 6.20. The van der Waals surface area contributed by atoms with Crippen molar-refractivity contribution in [2.45, 2.75) is 12.8 Å². The van der Waals surface area contributed by atoms with Crippen molar-refractivity contribution in [2.24, 2.45) is 0 Å². The lowest BCUT2D eigenvalue weighted by atomic mass is 10.1. The third kappa shape index (κ3) is 2.91. The Labute approximate surface area is 92.9 Å². The molecular formula is C11H12N4O. The molecule has 2 aromatic heterocycles. The van der Waals surface area contributed by atoms with Gasteiger partial charge in [0.15, 0.2) is 0 Å². The monoisotopic (exact) mass is 216 g/mol. The topological polar surface area (TPSA) is 70.7 Å². The zero-order valence-corrected chi connectivity index (χ0v) is 8.68. The predicted molar refractivity (Wildman–Crippen MR) is 59.8 cm³/mol. The van der Waals surface area contributed by atoms with Gasteiger partial charge in [-0.05, 0) is 24.1 Å². The minimum atomic E-state index is -0.0268. The van der Waals surface area contributed by atoms with Gasteiger partial charge < -0.3 is 5.32 Å². The number of amides is 1. The quantitative estimate of drug-likeness (QED) is 0.811. The van der Waals surface area contributed by atoms with E-state index in [2.05, 4.69) is 20.5 Å². The predicted octanol–water partition coefficient (Wildman–Crippen LogP) is 1.38. The van der Waals surface area contributed by atoms with Gasteiger partial charge in [0.25, 0.3) is 0 Å². The fraction of sp³-hybridized carbons (Fsp3) is 0.182. The van der Waals surface area contributed by atoms with E-state index in [9.17, 15) is 4.79 Å². The zero-order chi connectivity index (χ0) is 11.2. The number of carbonyl (C=O) groups excluding carboxylic acids is 1. The molecule has 0 bridgehead atoms. The number of nitrogens with one attached hydrogen (secondary N) is 2. The van der Waals surface area contributed by atoms with Crippen LogP contribution in [0.15, 0.2) is 36.8 Å². The third-order valence-corrected chi connectivity index (χ3v) is 2.16. The van der Waals surface area contributed by atoms with Gasteiger partial charge in [-0.2, -0.15) is 5.10 Å². The average Bonchev–Trinajstić information content (AvgIpc) is 2.81. The normalized spacial score (nSPS) is 10.0. The molecule has 0 fully saturated rings. The van der Waals surface area contributed by atoms with E-state index < -0.39 is 0 Å². The van der Waals surface area contributed by atoms with Crippen molar-refractivity contribution in [1.82, 2.24) is 15.2 Å². The average molecular weight is 216 g/mol. The summed E-state index contributed by atoms with van der Waals surface area (Å²) >= 11 is 0. The van der Waals surface area contributed by atoms with Crippen LogP contribution in [0.3, 0.4) is 0 Å². The van der Waals surface area contributed by atoms with Crippen LogP contribution in [0.4, 0.5) is 5.82 Å². The summed E-state index contributed by atoms with van der Waals surface area (Å²) in [6.45, 7) is 0. The summed E-state index contributed by atoms with van der Waals surface area (Å²) in [6, 6.07) is 5.53. The molecule has 5 nitrogen and oxygen atoms in total. The lowest BCUT2D eigenvalue weighted by molar-refractivity contribution is -0.116. The Kier molecular flexibility index (Phi) is 3.28. The lowest BCUT2D eigenvalue weighted by Gasteiger charge is -2.02. The largest absolute Gasteiger partial charge is 0.311 e. The van der Waals surface area contributed by atoms with Crippen LogP contribution in [0, 0.1) is 0 Å². The number of carbonyl (C=O) groups is 1. The second kappa shape index (κ2) is 5.06. The molecule has 0 aliphatic rings. The highest BCUT2D eigenvalue weighted by Gasteiger charge is 2.03. The van der Waals surface area contributed by atoms with Crippen LogP contribution in [0.2, 0.25) is 0 Å². The first-order valence-electron chi connectivity index (χ1n) is 5.03. The van der Waals surface area contributed by atoms with Crippen LogP contribution < -0.4 is 5.32 Å². The number of rotatable bonds is 4. The first-order chi connectivity index (χ1) is 7.84. The molecule has 0 aromatic carbocycles. The van der Waals surface area contributed by atoms with E-state index in [1.165, 1.54) is 0 Å². The van der Waals surface area contributed by atoms with Gasteiger partial charge in [-0.25, -0.2) is 0 Å². The molecule has 0 saturated carbocycles. The maximum absolute atomic E-state index is 11.5. The molecule has 2 rings (SSSR count). The molecule has 0 aliphatic heterocycles. The number of hydrogen-bond donors (Lipinski definition) is 2. The number of pyridine rings is 1. The summed E-state index contributed by atoms with van der Waals surface area (Å²) < 4.78 is 0. The van der Waals surface area contributed by atoms with E-state index in [0.29, 0.717) is 18.7 Å².